The van der Waals surface area contributed by atoms with Crippen LogP contribution in [-0.4, -0.2) is 98.2 Å². The highest BCUT2D eigenvalue weighted by atomic mass is 16.5. The van der Waals surface area contributed by atoms with Crippen LogP contribution in [0.1, 0.15) is 101 Å². The monoisotopic (exact) mass is 897 g/mol. The first-order valence-electron chi connectivity index (χ1n) is 23.1. The molecule has 3 unspecified atom stereocenters. The van der Waals surface area contributed by atoms with Crippen LogP contribution in [0.3, 0.4) is 0 Å². The molecule has 3 aromatic heterocycles. The van der Waals surface area contributed by atoms with E-state index in [1.54, 1.807) is 4.90 Å². The molecule has 4 N–H and O–H groups in total. The number of nitrogens with one attached hydrogen (secondary N) is 4. The smallest absolute Gasteiger partial charge is 0.407 e. The first-order valence-corrected chi connectivity index (χ1v) is 23.1. The lowest BCUT2D eigenvalue weighted by Crippen LogP contribution is -2.51. The van der Waals surface area contributed by atoms with Gasteiger partial charge in [0.15, 0.2) is 0 Å². The predicted octanol–water partition coefficient (Wildman–Crippen LogP) is 8.87. The fraction of sp³-hybridized carbons (Fsp3) is 0.412. The van der Waals surface area contributed by atoms with E-state index in [1.165, 1.54) is 54.0 Å². The first kappa shape index (κ1) is 47.1. The van der Waals surface area contributed by atoms with Gasteiger partial charge in [0.2, 0.25) is 11.8 Å². The number of amides is 4. The van der Waals surface area contributed by atoms with E-state index in [9.17, 15) is 19.2 Å². The van der Waals surface area contributed by atoms with E-state index in [0.717, 1.165) is 59.5 Å². The van der Waals surface area contributed by atoms with Gasteiger partial charge in [0.05, 0.1) is 56.3 Å². The number of methoxy groups -OCH3 is 2. The molecule has 0 saturated carbocycles. The summed E-state index contributed by atoms with van der Waals surface area (Å²) < 4.78 is 11.7. The summed E-state index contributed by atoms with van der Waals surface area (Å²) in [5.74, 6) is 0.978. The van der Waals surface area contributed by atoms with E-state index in [-0.39, 0.29) is 42.8 Å². The zero-order valence-corrected chi connectivity index (χ0v) is 39.4. The molecule has 0 bridgehead atoms. The molecule has 1 saturated heterocycles. The Kier molecular flexibility index (Phi) is 14.9. The number of hydrogen-bond donors (Lipinski definition) is 4. The van der Waals surface area contributed by atoms with Gasteiger partial charge in [-0.3, -0.25) is 9.59 Å². The molecule has 0 spiro atoms. The highest BCUT2D eigenvalue weighted by Gasteiger charge is 2.38. The summed E-state index contributed by atoms with van der Waals surface area (Å²) >= 11 is 0. The van der Waals surface area contributed by atoms with Gasteiger partial charge < -0.3 is 44.4 Å². The van der Waals surface area contributed by atoms with Crippen LogP contribution in [0.5, 0.6) is 0 Å². The number of nitrogens with zero attached hydrogens (tertiary/aromatic N) is 5. The normalized spacial score (nSPS) is 15.6. The summed E-state index contributed by atoms with van der Waals surface area (Å²) in [5.41, 5.74) is 10.9. The number of benzene rings is 3. The maximum Gasteiger partial charge on any atom is 0.407 e. The van der Waals surface area contributed by atoms with E-state index in [2.05, 4.69) is 123 Å². The number of H-pyrrole nitrogens is 2. The second-order valence-corrected chi connectivity index (χ2v) is 17.4. The largest absolute Gasteiger partial charge is 0.453 e. The Bertz CT molecular complexity index is 2670. The minimum Gasteiger partial charge on any atom is -0.453 e. The SMILES string of the molecule is CCC.CCCN(Cc1ncc(-c2ccc3c(c2)CC(c2ccccc2)c2c-3n(C)c3ccc(-c4cnc(C5CCCN5C(=O)C(NC(=O)OC)C(C)C)[nH]4)cc23)[nH]1)C(=O)CNC(=O)OC. The number of carbonyl (C=O) groups is 4. The fourth-order valence-corrected chi connectivity index (χ4v) is 9.28. The van der Waals surface area contributed by atoms with Crippen LogP contribution in [0, 0.1) is 5.92 Å². The van der Waals surface area contributed by atoms with Crippen molar-refractivity contribution in [3.8, 4) is 33.8 Å². The van der Waals surface area contributed by atoms with Crippen LogP contribution in [0.15, 0.2) is 79.1 Å². The molecule has 1 aliphatic heterocycles. The van der Waals surface area contributed by atoms with Gasteiger partial charge in [-0.15, -0.1) is 0 Å². The zero-order valence-electron chi connectivity index (χ0n) is 39.4. The van der Waals surface area contributed by atoms with E-state index in [0.29, 0.717) is 18.9 Å². The van der Waals surface area contributed by atoms with Gasteiger partial charge in [-0.2, -0.15) is 0 Å². The van der Waals surface area contributed by atoms with Gasteiger partial charge in [-0.05, 0) is 72.1 Å². The first-order chi connectivity index (χ1) is 31.9. The summed E-state index contributed by atoms with van der Waals surface area (Å²) in [6.45, 7) is 11.3. The van der Waals surface area contributed by atoms with Crippen LogP contribution >= 0.6 is 0 Å². The highest BCUT2D eigenvalue weighted by molar-refractivity contribution is 5.97. The number of aryl methyl sites for hydroxylation is 1. The number of aromatic nitrogens is 5. The summed E-state index contributed by atoms with van der Waals surface area (Å²) in [4.78, 5) is 70.5. The molecule has 6 aromatic rings. The standard InChI is InChI=1S/C48H55N9O6.C3H8/c1-7-19-56(41(58)26-51-47(60)62-5)27-40-49-24-36(52-40)30-15-17-33-32(21-30)23-34(29-12-9-8-10-13-29)42-35-22-31(16-18-38(35)55(4)44(33)42)37-25-50-45(53-37)39-14-11-20-57(39)46(59)43(28(2)3)54-48(61)63-6;1-3-2/h8-10,12-13,15-18,21-22,24-25,28,34,39,43H,7,11,14,19-20,23,26-27H2,1-6H3,(H,49,52)(H,50,53)(H,51,60)(H,54,61);3H2,1-2H3. The molecule has 15 nitrogen and oxygen atoms in total. The van der Waals surface area contributed by atoms with Crippen LogP contribution < -0.4 is 10.6 Å². The molecule has 3 aromatic carbocycles. The van der Waals surface area contributed by atoms with Crippen molar-refractivity contribution >= 4 is 34.9 Å². The van der Waals surface area contributed by atoms with Crippen LogP contribution in [0.4, 0.5) is 9.59 Å². The third-order valence-electron chi connectivity index (χ3n) is 12.4. The lowest BCUT2D eigenvalue weighted by Gasteiger charge is -2.30. The minimum atomic E-state index is -0.707. The lowest BCUT2D eigenvalue weighted by molar-refractivity contribution is -0.135. The van der Waals surface area contributed by atoms with E-state index in [4.69, 9.17) is 9.72 Å². The van der Waals surface area contributed by atoms with Gasteiger partial charge in [-0.25, -0.2) is 19.6 Å². The molecule has 8 rings (SSSR count). The molecule has 15 heteroatoms. The number of hydrogen-bond acceptors (Lipinski definition) is 8. The Hall–Kier alpha value is -6.90. The maximum atomic E-state index is 13.8. The number of fused-ring (bicyclic) bond motifs is 5. The van der Waals surface area contributed by atoms with E-state index in [1.807, 2.05) is 38.1 Å². The predicted molar refractivity (Wildman–Crippen MR) is 255 cm³/mol. The molecule has 348 valence electrons. The Morgan fingerprint density at radius 2 is 1.59 bits per heavy atom. The van der Waals surface area contributed by atoms with Crippen LogP contribution in [0.2, 0.25) is 0 Å². The summed E-state index contributed by atoms with van der Waals surface area (Å²) in [7, 11) is 4.70. The van der Waals surface area contributed by atoms with Gasteiger partial charge >= 0.3 is 12.2 Å². The number of carbonyl (C=O) groups excluding carboxylic acids is 4. The molecule has 3 atom stereocenters. The Morgan fingerprint density at radius 3 is 2.30 bits per heavy atom. The lowest BCUT2D eigenvalue weighted by atomic mass is 9.77. The quantitative estimate of drug-likeness (QED) is 0.0888. The third kappa shape index (κ3) is 9.85. The number of aromatic amines is 2. The fourth-order valence-electron chi connectivity index (χ4n) is 9.28. The number of alkyl carbamates (subject to hydrolysis) is 2. The number of ether oxygens (including phenoxy) is 2. The van der Waals surface area contributed by atoms with Gasteiger partial charge in [0, 0.05) is 48.1 Å². The van der Waals surface area contributed by atoms with Crippen molar-refractivity contribution in [2.24, 2.45) is 13.0 Å². The Morgan fingerprint density at radius 1 is 0.894 bits per heavy atom. The molecule has 0 radical (unpaired) electrons. The average molecular weight is 898 g/mol. The number of imidazole rings is 2. The molecule has 4 heterocycles. The molecule has 1 fully saturated rings. The van der Waals surface area contributed by atoms with Crippen molar-refractivity contribution in [2.75, 3.05) is 33.9 Å². The van der Waals surface area contributed by atoms with Crippen molar-refractivity contribution in [1.82, 2.24) is 44.9 Å². The molecule has 1 aliphatic carbocycles. The van der Waals surface area contributed by atoms with Crippen molar-refractivity contribution in [3.05, 3.63) is 107 Å². The number of rotatable bonds is 13. The van der Waals surface area contributed by atoms with Crippen molar-refractivity contribution in [3.63, 3.8) is 0 Å². The van der Waals surface area contributed by atoms with Crippen molar-refractivity contribution in [1.29, 1.82) is 0 Å². The Labute approximate surface area is 386 Å². The molecular weight excluding hydrogens is 835 g/mol. The van der Waals surface area contributed by atoms with E-state index < -0.39 is 18.2 Å². The van der Waals surface area contributed by atoms with Gasteiger partial charge in [-0.1, -0.05) is 89.6 Å². The number of likely N-dealkylation sites (tertiary alicyclic amines) is 1. The second kappa shape index (κ2) is 20.9. The summed E-state index contributed by atoms with van der Waals surface area (Å²) in [6, 6.07) is 22.9. The van der Waals surface area contributed by atoms with Crippen molar-refractivity contribution < 1.29 is 28.7 Å². The van der Waals surface area contributed by atoms with E-state index >= 15 is 0 Å². The third-order valence-corrected chi connectivity index (χ3v) is 12.4. The van der Waals surface area contributed by atoms with Crippen molar-refractivity contribution in [2.45, 2.75) is 91.3 Å². The highest BCUT2D eigenvalue weighted by Crippen LogP contribution is 2.48. The maximum absolute atomic E-state index is 13.8. The molecule has 4 amide bonds. The van der Waals surface area contributed by atoms with Crippen LogP contribution in [-0.2, 0) is 39.1 Å². The Balaban J connectivity index is 0.00000210. The summed E-state index contributed by atoms with van der Waals surface area (Å²) in [6.07, 6.45) is 6.79. The zero-order chi connectivity index (χ0) is 47.1. The molecule has 66 heavy (non-hydrogen) atoms. The average Bonchev–Trinajstić information content (AvgIpc) is 4.17. The minimum absolute atomic E-state index is 0.0790. The summed E-state index contributed by atoms with van der Waals surface area (Å²) in [5, 5.41) is 6.37. The molecular formula is C51H63N9O6. The van der Waals surface area contributed by atoms with Gasteiger partial charge in [0.25, 0.3) is 0 Å². The van der Waals surface area contributed by atoms with Gasteiger partial charge in [0.1, 0.15) is 24.2 Å². The molecule has 2 aliphatic rings. The van der Waals surface area contributed by atoms with Crippen LogP contribution in [0.25, 0.3) is 44.7 Å². The topological polar surface area (TPSA) is 180 Å². The second-order valence-electron chi connectivity index (χ2n) is 17.4.